The number of nitro groups is 1. The molecule has 2 aliphatic carbocycles. The molecule has 3 N–H and O–H groups in total. The molecule has 0 aromatic heterocycles. The molecule has 2 aliphatic rings. The molecule has 2 fully saturated rings. The number of nitrogens with one attached hydrogen (secondary N) is 1. The molecule has 2 bridgehead atoms. The van der Waals surface area contributed by atoms with Gasteiger partial charge in [0.1, 0.15) is 5.56 Å². The fourth-order valence-electron chi connectivity index (χ4n) is 4.56. The van der Waals surface area contributed by atoms with Crippen molar-refractivity contribution >= 4 is 11.6 Å². The predicted molar refractivity (Wildman–Crippen MR) is 100 cm³/mol. The first kappa shape index (κ1) is 19.4. The summed E-state index contributed by atoms with van der Waals surface area (Å²) in [5, 5.41) is 14.6. The van der Waals surface area contributed by atoms with Gasteiger partial charge in [-0.1, -0.05) is 6.42 Å². The average molecular weight is 377 g/mol. The largest absolute Gasteiger partial charge is 0.493 e. The third-order valence-electron chi connectivity index (χ3n) is 5.70. The maximum Gasteiger partial charge on any atom is 0.286 e. The van der Waals surface area contributed by atoms with Crippen molar-refractivity contribution in [1.29, 1.82) is 0 Å². The van der Waals surface area contributed by atoms with Crippen molar-refractivity contribution in [3.8, 4) is 11.5 Å². The minimum atomic E-state index is -0.561. The first-order valence-corrected chi connectivity index (χ1v) is 9.50. The number of fused-ring (bicyclic) bond motifs is 2. The Morgan fingerprint density at radius 2 is 1.96 bits per heavy atom. The maximum atomic E-state index is 12.9. The second-order valence-corrected chi connectivity index (χ2v) is 7.39. The highest BCUT2D eigenvalue weighted by molar-refractivity contribution is 5.99. The van der Waals surface area contributed by atoms with E-state index >= 15 is 0 Å². The molecule has 8 nitrogen and oxygen atoms in total. The number of rotatable bonds is 6. The summed E-state index contributed by atoms with van der Waals surface area (Å²) in [5.74, 6) is 0.780. The first-order valence-electron chi connectivity index (χ1n) is 9.50. The monoisotopic (exact) mass is 377 g/mol. The van der Waals surface area contributed by atoms with Crippen LogP contribution in [-0.2, 0) is 0 Å². The molecule has 148 valence electrons. The summed E-state index contributed by atoms with van der Waals surface area (Å²) < 4.78 is 10.7. The normalized spacial score (nSPS) is 26.9. The first-order chi connectivity index (χ1) is 12.9. The highest BCUT2D eigenvalue weighted by Crippen LogP contribution is 2.40. The van der Waals surface area contributed by atoms with Gasteiger partial charge in [-0.05, 0) is 44.4 Å². The van der Waals surface area contributed by atoms with Crippen molar-refractivity contribution in [2.45, 2.75) is 51.1 Å². The Kier molecular flexibility index (Phi) is 5.84. The van der Waals surface area contributed by atoms with Crippen molar-refractivity contribution < 1.29 is 19.2 Å². The molecule has 0 heterocycles. The lowest BCUT2D eigenvalue weighted by atomic mass is 9.67. The average Bonchev–Trinajstić information content (AvgIpc) is 2.62. The van der Waals surface area contributed by atoms with Crippen LogP contribution in [0.1, 0.15) is 49.4 Å². The van der Waals surface area contributed by atoms with Gasteiger partial charge >= 0.3 is 0 Å². The van der Waals surface area contributed by atoms with Gasteiger partial charge in [0.15, 0.2) is 11.5 Å². The molecule has 0 saturated heterocycles. The Morgan fingerprint density at radius 3 is 2.52 bits per heavy atom. The van der Waals surface area contributed by atoms with Crippen LogP contribution in [0, 0.1) is 22.0 Å². The lowest BCUT2D eigenvalue weighted by Crippen LogP contribution is -2.53. The molecule has 1 amide bonds. The number of carbonyl (C=O) groups is 1. The second kappa shape index (κ2) is 8.12. The minimum Gasteiger partial charge on any atom is -0.493 e. The maximum absolute atomic E-state index is 12.9. The number of hydrogen-bond acceptors (Lipinski definition) is 6. The zero-order chi connectivity index (χ0) is 19.6. The van der Waals surface area contributed by atoms with Crippen LogP contribution in [0.2, 0.25) is 0 Å². The number of nitro benzene ring substituents is 1. The fourth-order valence-corrected chi connectivity index (χ4v) is 4.56. The molecule has 1 aromatic rings. The summed E-state index contributed by atoms with van der Waals surface area (Å²) in [4.78, 5) is 23.9. The fraction of sp³-hybridized carbons (Fsp3) is 0.632. The van der Waals surface area contributed by atoms with E-state index in [1.807, 2.05) is 0 Å². The Morgan fingerprint density at radius 1 is 1.30 bits per heavy atom. The molecule has 1 aromatic carbocycles. The van der Waals surface area contributed by atoms with Crippen molar-refractivity contribution in [3.05, 3.63) is 27.8 Å². The lowest BCUT2D eigenvalue weighted by Gasteiger charge is -2.45. The van der Waals surface area contributed by atoms with Crippen LogP contribution in [-0.4, -0.2) is 36.6 Å². The van der Waals surface area contributed by atoms with Gasteiger partial charge in [-0.15, -0.1) is 0 Å². The van der Waals surface area contributed by atoms with Crippen molar-refractivity contribution in [1.82, 2.24) is 5.32 Å². The van der Waals surface area contributed by atoms with E-state index in [0.717, 1.165) is 32.1 Å². The Bertz CT molecular complexity index is 710. The summed E-state index contributed by atoms with van der Waals surface area (Å²) in [5.41, 5.74) is 5.85. The number of methoxy groups -OCH3 is 1. The van der Waals surface area contributed by atoms with E-state index in [-0.39, 0.29) is 29.1 Å². The zero-order valence-electron chi connectivity index (χ0n) is 15.8. The van der Waals surface area contributed by atoms with Gasteiger partial charge in [-0.25, -0.2) is 0 Å². The van der Waals surface area contributed by atoms with Crippen LogP contribution in [0.5, 0.6) is 11.5 Å². The zero-order valence-corrected chi connectivity index (χ0v) is 15.8. The minimum absolute atomic E-state index is 0.00625. The number of amides is 1. The van der Waals surface area contributed by atoms with Gasteiger partial charge in [0.25, 0.3) is 11.6 Å². The molecule has 8 heteroatoms. The van der Waals surface area contributed by atoms with E-state index in [4.69, 9.17) is 15.2 Å². The molecule has 0 spiro atoms. The number of ether oxygens (including phenoxy) is 2. The standard InChI is InChI=1S/C19H27N3O5/c1-3-27-17-10-15(22(24)25)14(9-16(17)26-2)19(23)21-18-11-5-4-6-12(18)8-13(20)7-11/h9-13,18H,3-8,20H2,1-2H3,(H,21,23). The molecular formula is C19H27N3O5. The van der Waals surface area contributed by atoms with Crippen molar-refractivity contribution in [2.24, 2.45) is 17.6 Å². The van der Waals surface area contributed by atoms with Gasteiger partial charge in [0.2, 0.25) is 0 Å². The van der Waals surface area contributed by atoms with Crippen molar-refractivity contribution in [3.63, 3.8) is 0 Å². The second-order valence-electron chi connectivity index (χ2n) is 7.39. The summed E-state index contributed by atoms with van der Waals surface area (Å²) in [6.07, 6.45) is 4.98. The molecule has 27 heavy (non-hydrogen) atoms. The third kappa shape index (κ3) is 4.00. The molecule has 2 atom stereocenters. The number of nitrogens with zero attached hydrogens (tertiary/aromatic N) is 1. The summed E-state index contributed by atoms with van der Waals surface area (Å²) in [6.45, 7) is 2.11. The van der Waals surface area contributed by atoms with Crippen LogP contribution in [0.4, 0.5) is 5.69 Å². The van der Waals surface area contributed by atoms with Crippen LogP contribution < -0.4 is 20.5 Å². The number of nitrogens with two attached hydrogens (primary N) is 1. The van der Waals surface area contributed by atoms with E-state index in [2.05, 4.69) is 5.32 Å². The lowest BCUT2D eigenvalue weighted by molar-refractivity contribution is -0.385. The van der Waals surface area contributed by atoms with Gasteiger partial charge in [0, 0.05) is 18.2 Å². The molecule has 2 unspecified atom stereocenters. The Balaban J connectivity index is 1.88. The van der Waals surface area contributed by atoms with Gasteiger partial charge in [-0.2, -0.15) is 0 Å². The van der Waals surface area contributed by atoms with E-state index in [0.29, 0.717) is 24.2 Å². The van der Waals surface area contributed by atoms with Gasteiger partial charge < -0.3 is 20.5 Å². The molecule has 0 aliphatic heterocycles. The number of carbonyl (C=O) groups excluding carboxylic acids is 1. The van der Waals surface area contributed by atoms with E-state index in [9.17, 15) is 14.9 Å². The quantitative estimate of drug-likeness (QED) is 0.581. The van der Waals surface area contributed by atoms with Gasteiger partial charge in [0.05, 0.1) is 24.7 Å². The van der Waals surface area contributed by atoms with Crippen LogP contribution in [0.3, 0.4) is 0 Å². The van der Waals surface area contributed by atoms with E-state index < -0.39 is 10.8 Å². The molecule has 3 rings (SSSR count). The number of benzene rings is 1. The Hall–Kier alpha value is -2.35. The number of hydrogen-bond donors (Lipinski definition) is 2. The molecule has 2 saturated carbocycles. The molecular weight excluding hydrogens is 350 g/mol. The topological polar surface area (TPSA) is 117 Å². The third-order valence-corrected chi connectivity index (χ3v) is 5.70. The Labute approximate surface area is 158 Å². The van der Waals surface area contributed by atoms with Crippen LogP contribution in [0.25, 0.3) is 0 Å². The summed E-state index contributed by atoms with van der Waals surface area (Å²) >= 11 is 0. The summed E-state index contributed by atoms with van der Waals surface area (Å²) in [7, 11) is 1.44. The van der Waals surface area contributed by atoms with Gasteiger partial charge in [-0.3, -0.25) is 14.9 Å². The van der Waals surface area contributed by atoms with Crippen LogP contribution >= 0.6 is 0 Å². The van der Waals surface area contributed by atoms with E-state index in [1.165, 1.54) is 19.2 Å². The van der Waals surface area contributed by atoms with Crippen LogP contribution in [0.15, 0.2) is 12.1 Å². The SMILES string of the molecule is CCOc1cc([N+](=O)[O-])c(C(=O)NC2C3CCCC2CC(N)C3)cc1OC. The molecule has 0 radical (unpaired) electrons. The highest BCUT2D eigenvalue weighted by Gasteiger charge is 2.40. The van der Waals surface area contributed by atoms with E-state index in [1.54, 1.807) is 6.92 Å². The highest BCUT2D eigenvalue weighted by atomic mass is 16.6. The smallest absolute Gasteiger partial charge is 0.286 e. The summed E-state index contributed by atoms with van der Waals surface area (Å²) in [6, 6.07) is 2.84. The van der Waals surface area contributed by atoms with Crippen molar-refractivity contribution in [2.75, 3.05) is 13.7 Å². The predicted octanol–water partition coefficient (Wildman–Crippen LogP) is 2.64.